The van der Waals surface area contributed by atoms with Crippen molar-refractivity contribution in [1.82, 2.24) is 5.32 Å². The lowest BCUT2D eigenvalue weighted by molar-refractivity contribution is 0.0368. The maximum absolute atomic E-state index is 12.2. The van der Waals surface area contributed by atoms with Crippen LogP contribution in [0.1, 0.15) is 37.6 Å². The third kappa shape index (κ3) is 6.19. The second-order valence-corrected chi connectivity index (χ2v) is 6.74. The summed E-state index contributed by atoms with van der Waals surface area (Å²) in [6, 6.07) is 9.23. The van der Waals surface area contributed by atoms with Crippen molar-refractivity contribution in [2.45, 2.75) is 37.7 Å². The van der Waals surface area contributed by atoms with Crippen molar-refractivity contribution >= 4 is 17.7 Å². The topological polar surface area (TPSA) is 73.1 Å². The fraction of sp³-hybridized carbons (Fsp3) is 0.500. The first kappa shape index (κ1) is 17.5. The molecule has 1 amide bonds. The van der Waals surface area contributed by atoms with Crippen molar-refractivity contribution in [1.29, 1.82) is 5.26 Å². The second-order valence-electron chi connectivity index (χ2n) is 5.72. The lowest BCUT2D eigenvalue weighted by atomic mass is 9.94. The van der Waals surface area contributed by atoms with Crippen molar-refractivity contribution in [2.24, 2.45) is 5.92 Å². The molecule has 0 saturated carbocycles. The van der Waals surface area contributed by atoms with Gasteiger partial charge < -0.3 is 10.4 Å². The van der Waals surface area contributed by atoms with Gasteiger partial charge in [0.15, 0.2) is 0 Å². The first-order chi connectivity index (χ1) is 9.85. The van der Waals surface area contributed by atoms with Crippen LogP contribution in [0.25, 0.3) is 0 Å². The molecule has 21 heavy (non-hydrogen) atoms. The van der Waals surface area contributed by atoms with Gasteiger partial charge in [0.05, 0.1) is 23.0 Å². The Balaban J connectivity index is 2.70. The summed E-state index contributed by atoms with van der Waals surface area (Å²) >= 11 is 1.33. The van der Waals surface area contributed by atoms with E-state index in [1.807, 2.05) is 26.0 Å². The number of benzene rings is 1. The number of nitrogens with zero attached hydrogens (tertiary/aromatic N) is 1. The van der Waals surface area contributed by atoms with Gasteiger partial charge in [-0.15, -0.1) is 11.8 Å². The zero-order chi connectivity index (χ0) is 15.9. The molecule has 0 saturated heterocycles. The Kier molecular flexibility index (Phi) is 6.73. The third-order valence-corrected chi connectivity index (χ3v) is 3.84. The number of hydrogen-bond acceptors (Lipinski definition) is 4. The Morgan fingerprint density at radius 1 is 1.48 bits per heavy atom. The van der Waals surface area contributed by atoms with E-state index in [1.54, 1.807) is 19.1 Å². The predicted molar refractivity (Wildman–Crippen MR) is 85.2 cm³/mol. The molecule has 114 valence electrons. The van der Waals surface area contributed by atoms with Gasteiger partial charge >= 0.3 is 0 Å². The molecule has 1 aromatic rings. The van der Waals surface area contributed by atoms with Crippen molar-refractivity contribution in [3.8, 4) is 6.07 Å². The molecule has 0 aliphatic rings. The molecule has 0 aromatic heterocycles. The van der Waals surface area contributed by atoms with Crippen molar-refractivity contribution in [3.05, 3.63) is 29.8 Å². The van der Waals surface area contributed by atoms with E-state index in [-0.39, 0.29) is 12.5 Å². The maximum Gasteiger partial charge on any atom is 0.252 e. The molecule has 1 atom stereocenters. The van der Waals surface area contributed by atoms with E-state index < -0.39 is 5.60 Å². The molecule has 1 unspecified atom stereocenters. The highest BCUT2D eigenvalue weighted by atomic mass is 32.2. The van der Waals surface area contributed by atoms with Crippen LogP contribution in [0.15, 0.2) is 29.2 Å². The Labute approximate surface area is 130 Å². The molecule has 0 radical (unpaired) electrons. The van der Waals surface area contributed by atoms with Gasteiger partial charge in [0.25, 0.3) is 5.91 Å². The number of hydrogen-bond donors (Lipinski definition) is 2. The largest absolute Gasteiger partial charge is 0.388 e. The van der Waals surface area contributed by atoms with E-state index >= 15 is 0 Å². The molecule has 4 nitrogen and oxygen atoms in total. The molecule has 2 N–H and O–H groups in total. The van der Waals surface area contributed by atoms with Gasteiger partial charge in [-0.05, 0) is 31.4 Å². The number of carbonyl (C=O) groups is 1. The summed E-state index contributed by atoms with van der Waals surface area (Å²) in [5, 5.41) is 21.7. The van der Waals surface area contributed by atoms with Crippen molar-refractivity contribution in [2.75, 3.05) is 12.3 Å². The fourth-order valence-corrected chi connectivity index (χ4v) is 2.92. The minimum atomic E-state index is -0.918. The summed E-state index contributed by atoms with van der Waals surface area (Å²) < 4.78 is 0. The van der Waals surface area contributed by atoms with Gasteiger partial charge in [-0.2, -0.15) is 5.26 Å². The summed E-state index contributed by atoms with van der Waals surface area (Å²) in [5.41, 5.74) is -0.378. The van der Waals surface area contributed by atoms with Gasteiger partial charge in [-0.3, -0.25) is 4.79 Å². The van der Waals surface area contributed by atoms with Crippen LogP contribution < -0.4 is 5.32 Å². The quantitative estimate of drug-likeness (QED) is 0.760. The standard InChI is InChI=1S/C16H22N2O2S/c1-12(2)10-16(3,20)11-18-15(19)13-6-4-5-7-14(13)21-9-8-17/h4-7,12,20H,9-11H2,1-3H3,(H,18,19). The van der Waals surface area contributed by atoms with Gasteiger partial charge in [-0.1, -0.05) is 26.0 Å². The van der Waals surface area contributed by atoms with Crippen LogP contribution in [-0.2, 0) is 0 Å². The number of aliphatic hydroxyl groups is 1. The van der Waals surface area contributed by atoms with Crippen LogP contribution in [-0.4, -0.2) is 28.9 Å². The first-order valence-electron chi connectivity index (χ1n) is 6.95. The van der Waals surface area contributed by atoms with E-state index in [1.165, 1.54) is 11.8 Å². The van der Waals surface area contributed by atoms with Gasteiger partial charge in [0.2, 0.25) is 0 Å². The van der Waals surface area contributed by atoms with Crippen LogP contribution in [0.2, 0.25) is 0 Å². The molecular weight excluding hydrogens is 284 g/mol. The van der Waals surface area contributed by atoms with Crippen LogP contribution >= 0.6 is 11.8 Å². The second kappa shape index (κ2) is 8.06. The number of thioether (sulfide) groups is 1. The highest BCUT2D eigenvalue weighted by molar-refractivity contribution is 7.99. The zero-order valence-corrected chi connectivity index (χ0v) is 13.5. The molecule has 0 fully saturated rings. The molecule has 0 heterocycles. The molecule has 0 spiro atoms. The van der Waals surface area contributed by atoms with Gasteiger partial charge in [-0.25, -0.2) is 0 Å². The highest BCUT2D eigenvalue weighted by Crippen LogP contribution is 2.22. The monoisotopic (exact) mass is 306 g/mol. The normalized spacial score (nSPS) is 13.5. The summed E-state index contributed by atoms with van der Waals surface area (Å²) in [6.07, 6.45) is 0.623. The minimum absolute atomic E-state index is 0.210. The molecular formula is C16H22N2O2S. The van der Waals surface area contributed by atoms with Crippen LogP contribution in [0.5, 0.6) is 0 Å². The fourth-order valence-electron chi connectivity index (χ4n) is 2.21. The van der Waals surface area contributed by atoms with E-state index in [9.17, 15) is 9.90 Å². The van der Waals surface area contributed by atoms with Crippen molar-refractivity contribution in [3.63, 3.8) is 0 Å². The summed E-state index contributed by atoms with van der Waals surface area (Å²) in [6.45, 7) is 6.00. The number of rotatable bonds is 7. The number of amides is 1. The first-order valence-corrected chi connectivity index (χ1v) is 7.93. The Morgan fingerprint density at radius 2 is 2.14 bits per heavy atom. The van der Waals surface area contributed by atoms with E-state index in [4.69, 9.17) is 5.26 Å². The average molecular weight is 306 g/mol. The Bertz CT molecular complexity index is 521. The maximum atomic E-state index is 12.2. The zero-order valence-electron chi connectivity index (χ0n) is 12.7. The Morgan fingerprint density at radius 3 is 2.76 bits per heavy atom. The highest BCUT2D eigenvalue weighted by Gasteiger charge is 2.23. The number of carbonyl (C=O) groups excluding carboxylic acids is 1. The van der Waals surface area contributed by atoms with E-state index in [2.05, 4.69) is 11.4 Å². The third-order valence-electron chi connectivity index (χ3n) is 2.90. The smallest absolute Gasteiger partial charge is 0.252 e. The molecule has 1 rings (SSSR count). The summed E-state index contributed by atoms with van der Waals surface area (Å²) in [5.74, 6) is 0.436. The van der Waals surface area contributed by atoms with Crippen molar-refractivity contribution < 1.29 is 9.90 Å². The molecule has 5 heteroatoms. The van der Waals surface area contributed by atoms with Crippen LogP contribution in [0, 0.1) is 17.2 Å². The van der Waals surface area contributed by atoms with E-state index in [0.717, 1.165) is 4.90 Å². The number of nitriles is 1. The van der Waals surface area contributed by atoms with E-state index in [0.29, 0.717) is 23.7 Å². The van der Waals surface area contributed by atoms with Crippen LogP contribution in [0.3, 0.4) is 0 Å². The average Bonchev–Trinajstić information content (AvgIpc) is 2.41. The lowest BCUT2D eigenvalue weighted by Crippen LogP contribution is -2.41. The van der Waals surface area contributed by atoms with Gasteiger partial charge in [0, 0.05) is 11.4 Å². The van der Waals surface area contributed by atoms with Gasteiger partial charge in [0.1, 0.15) is 0 Å². The summed E-state index contributed by atoms with van der Waals surface area (Å²) in [7, 11) is 0. The number of nitrogens with one attached hydrogen (secondary N) is 1. The SMILES string of the molecule is CC(C)CC(C)(O)CNC(=O)c1ccccc1SCC#N. The molecule has 0 aliphatic carbocycles. The minimum Gasteiger partial charge on any atom is -0.388 e. The van der Waals surface area contributed by atoms with Crippen LogP contribution in [0.4, 0.5) is 0 Å². The summed E-state index contributed by atoms with van der Waals surface area (Å²) in [4.78, 5) is 13.0. The lowest BCUT2D eigenvalue weighted by Gasteiger charge is -2.25. The Hall–Kier alpha value is -1.51. The molecule has 0 bridgehead atoms. The molecule has 1 aromatic carbocycles. The predicted octanol–water partition coefficient (Wildman–Crippen LogP) is 2.83. The molecule has 0 aliphatic heterocycles.